The molecular formula is C13H15BrO. The molecule has 2 aliphatic rings. The first-order chi connectivity index (χ1) is 7.27. The first kappa shape index (κ1) is 9.71. The van der Waals surface area contributed by atoms with Crippen LogP contribution in [0.3, 0.4) is 0 Å². The van der Waals surface area contributed by atoms with E-state index in [-0.39, 0.29) is 5.60 Å². The van der Waals surface area contributed by atoms with Crippen molar-refractivity contribution in [3.05, 3.63) is 28.2 Å². The maximum atomic E-state index is 6.17. The van der Waals surface area contributed by atoms with Crippen LogP contribution in [0.15, 0.2) is 22.7 Å². The van der Waals surface area contributed by atoms with Gasteiger partial charge in [-0.05, 0) is 49.4 Å². The number of fused-ring (bicyclic) bond motifs is 1. The smallest absolute Gasteiger partial charge is 0.123 e. The molecule has 0 aromatic heterocycles. The molecule has 2 heteroatoms. The molecular weight excluding hydrogens is 252 g/mol. The minimum Gasteiger partial charge on any atom is -0.487 e. The molecule has 1 saturated carbocycles. The molecule has 1 fully saturated rings. The molecule has 0 atom stereocenters. The van der Waals surface area contributed by atoms with Crippen molar-refractivity contribution in [2.24, 2.45) is 0 Å². The lowest BCUT2D eigenvalue weighted by Crippen LogP contribution is -2.36. The molecule has 0 amide bonds. The summed E-state index contributed by atoms with van der Waals surface area (Å²) in [6, 6.07) is 6.38. The van der Waals surface area contributed by atoms with Crippen LogP contribution in [-0.4, -0.2) is 5.60 Å². The normalized spacial score (nSPS) is 22.5. The van der Waals surface area contributed by atoms with E-state index in [1.54, 1.807) is 0 Å². The Bertz CT molecular complexity index is 380. The summed E-state index contributed by atoms with van der Waals surface area (Å²) in [4.78, 5) is 0. The summed E-state index contributed by atoms with van der Waals surface area (Å²) in [5, 5.41) is 0. The summed E-state index contributed by atoms with van der Waals surface area (Å²) >= 11 is 3.52. The Hall–Kier alpha value is -0.500. The van der Waals surface area contributed by atoms with E-state index < -0.39 is 0 Å². The third-order valence-electron chi connectivity index (χ3n) is 3.63. The highest BCUT2D eigenvalue weighted by Gasteiger charge is 2.39. The molecule has 0 bridgehead atoms. The lowest BCUT2D eigenvalue weighted by Gasteiger charge is -2.32. The summed E-state index contributed by atoms with van der Waals surface area (Å²) in [5.74, 6) is 1.11. The van der Waals surface area contributed by atoms with Crippen LogP contribution in [0, 0.1) is 0 Å². The van der Waals surface area contributed by atoms with Crippen molar-refractivity contribution in [3.63, 3.8) is 0 Å². The summed E-state index contributed by atoms with van der Waals surface area (Å²) in [6.07, 6.45) is 7.62. The number of rotatable bonds is 0. The highest BCUT2D eigenvalue weighted by atomic mass is 79.9. The van der Waals surface area contributed by atoms with Crippen molar-refractivity contribution in [2.75, 3.05) is 0 Å². The van der Waals surface area contributed by atoms with Crippen molar-refractivity contribution in [1.29, 1.82) is 0 Å². The van der Waals surface area contributed by atoms with Crippen molar-refractivity contribution >= 4 is 15.9 Å². The van der Waals surface area contributed by atoms with Crippen LogP contribution in [0.25, 0.3) is 0 Å². The maximum Gasteiger partial charge on any atom is 0.123 e. The van der Waals surface area contributed by atoms with E-state index in [0.717, 1.165) is 16.6 Å². The zero-order valence-corrected chi connectivity index (χ0v) is 10.3. The van der Waals surface area contributed by atoms with E-state index in [4.69, 9.17) is 4.74 Å². The fourth-order valence-electron chi connectivity index (χ4n) is 2.88. The highest BCUT2D eigenvalue weighted by Crippen LogP contribution is 2.43. The summed E-state index contributed by atoms with van der Waals surface area (Å²) in [5.41, 5.74) is 1.53. The van der Waals surface area contributed by atoms with Gasteiger partial charge in [0.05, 0.1) is 0 Å². The van der Waals surface area contributed by atoms with E-state index in [1.807, 2.05) is 0 Å². The molecule has 0 unspecified atom stereocenters. The Kier molecular flexibility index (Phi) is 2.27. The Labute approximate surface area is 99.0 Å². The summed E-state index contributed by atoms with van der Waals surface area (Å²) in [6.45, 7) is 0. The van der Waals surface area contributed by atoms with Gasteiger partial charge in [-0.3, -0.25) is 0 Å². The van der Waals surface area contributed by atoms with Gasteiger partial charge < -0.3 is 4.74 Å². The molecule has 1 nitrogen and oxygen atoms in total. The molecule has 1 aromatic carbocycles. The molecule has 0 saturated heterocycles. The fourth-order valence-corrected chi connectivity index (χ4v) is 3.29. The van der Waals surface area contributed by atoms with Crippen LogP contribution in [0.4, 0.5) is 0 Å². The molecule has 80 valence electrons. The van der Waals surface area contributed by atoms with Gasteiger partial charge in [0.2, 0.25) is 0 Å². The molecule has 1 aliphatic heterocycles. The molecule has 0 N–H and O–H groups in total. The van der Waals surface area contributed by atoms with Crippen molar-refractivity contribution in [2.45, 2.75) is 44.1 Å². The van der Waals surface area contributed by atoms with Gasteiger partial charge in [0.1, 0.15) is 11.4 Å². The van der Waals surface area contributed by atoms with Crippen LogP contribution in [0.2, 0.25) is 0 Å². The van der Waals surface area contributed by atoms with Gasteiger partial charge in [0.15, 0.2) is 0 Å². The van der Waals surface area contributed by atoms with E-state index in [2.05, 4.69) is 34.1 Å². The van der Waals surface area contributed by atoms with Crippen molar-refractivity contribution in [3.8, 4) is 5.75 Å². The number of halogens is 1. The van der Waals surface area contributed by atoms with E-state index in [0.29, 0.717) is 0 Å². The monoisotopic (exact) mass is 266 g/mol. The van der Waals surface area contributed by atoms with Crippen molar-refractivity contribution in [1.82, 2.24) is 0 Å². The lowest BCUT2D eigenvalue weighted by atomic mass is 9.82. The quantitative estimate of drug-likeness (QED) is 0.688. The molecule has 15 heavy (non-hydrogen) atoms. The minimum atomic E-state index is 0.154. The van der Waals surface area contributed by atoms with Gasteiger partial charge in [0.25, 0.3) is 0 Å². The summed E-state index contributed by atoms with van der Waals surface area (Å²) in [7, 11) is 0. The minimum absolute atomic E-state index is 0.154. The van der Waals surface area contributed by atoms with E-state index >= 15 is 0 Å². The predicted molar refractivity (Wildman–Crippen MR) is 64.3 cm³/mol. The largest absolute Gasteiger partial charge is 0.487 e. The van der Waals surface area contributed by atoms with Gasteiger partial charge in [-0.1, -0.05) is 22.4 Å². The first-order valence-electron chi connectivity index (χ1n) is 5.75. The zero-order chi connectivity index (χ0) is 10.3. The van der Waals surface area contributed by atoms with Gasteiger partial charge in [-0.2, -0.15) is 0 Å². The SMILES string of the molecule is Brc1ccc2c(c1)CC1(CCCCC1)O2. The van der Waals surface area contributed by atoms with E-state index in [1.165, 1.54) is 37.7 Å². The summed E-state index contributed by atoms with van der Waals surface area (Å²) < 4.78 is 7.33. The topological polar surface area (TPSA) is 9.23 Å². The Morgan fingerprint density at radius 1 is 1.13 bits per heavy atom. The van der Waals surface area contributed by atoms with Gasteiger partial charge in [-0.25, -0.2) is 0 Å². The third kappa shape index (κ3) is 1.69. The Morgan fingerprint density at radius 2 is 1.93 bits per heavy atom. The number of benzene rings is 1. The molecule has 0 radical (unpaired) electrons. The predicted octanol–water partition coefficient (Wildman–Crippen LogP) is 4.09. The average Bonchev–Trinajstić information content (AvgIpc) is 2.56. The van der Waals surface area contributed by atoms with Gasteiger partial charge in [-0.15, -0.1) is 0 Å². The molecule has 1 heterocycles. The second kappa shape index (κ2) is 3.51. The van der Waals surface area contributed by atoms with Crippen molar-refractivity contribution < 1.29 is 4.74 Å². The second-order valence-corrected chi connectivity index (χ2v) is 5.69. The Balaban J connectivity index is 1.90. The lowest BCUT2D eigenvalue weighted by molar-refractivity contribution is 0.0529. The Morgan fingerprint density at radius 3 is 2.73 bits per heavy atom. The fraction of sp³-hybridized carbons (Fsp3) is 0.538. The number of hydrogen-bond acceptors (Lipinski definition) is 1. The van der Waals surface area contributed by atoms with Crippen LogP contribution in [-0.2, 0) is 6.42 Å². The highest BCUT2D eigenvalue weighted by molar-refractivity contribution is 9.10. The molecule has 1 spiro atoms. The number of hydrogen-bond donors (Lipinski definition) is 0. The van der Waals surface area contributed by atoms with Crippen LogP contribution < -0.4 is 4.74 Å². The maximum absolute atomic E-state index is 6.17. The van der Waals surface area contributed by atoms with Gasteiger partial charge in [0, 0.05) is 10.9 Å². The zero-order valence-electron chi connectivity index (χ0n) is 8.76. The third-order valence-corrected chi connectivity index (χ3v) is 4.12. The number of ether oxygens (including phenoxy) is 1. The second-order valence-electron chi connectivity index (χ2n) is 4.77. The molecule has 1 aromatic rings. The van der Waals surface area contributed by atoms with Crippen LogP contribution in [0.5, 0.6) is 5.75 Å². The first-order valence-corrected chi connectivity index (χ1v) is 6.54. The molecule has 1 aliphatic carbocycles. The molecule has 3 rings (SSSR count). The van der Waals surface area contributed by atoms with Crippen LogP contribution >= 0.6 is 15.9 Å². The average molecular weight is 267 g/mol. The van der Waals surface area contributed by atoms with E-state index in [9.17, 15) is 0 Å². The van der Waals surface area contributed by atoms with Crippen LogP contribution in [0.1, 0.15) is 37.7 Å². The standard InChI is InChI=1S/C13H15BrO/c14-11-4-5-12-10(8-11)9-13(15-12)6-2-1-3-7-13/h4-5,8H,1-3,6-7,9H2. The van der Waals surface area contributed by atoms with Gasteiger partial charge >= 0.3 is 0 Å².